The number of benzene rings is 2. The molecule has 1 heterocycles. The first-order valence-electron chi connectivity index (χ1n) is 10.4. The van der Waals surface area contributed by atoms with Crippen LogP contribution in [0.3, 0.4) is 0 Å². The van der Waals surface area contributed by atoms with Gasteiger partial charge in [-0.25, -0.2) is 14.5 Å². The van der Waals surface area contributed by atoms with Crippen molar-refractivity contribution < 1.29 is 23.9 Å². The monoisotopic (exact) mass is 424 g/mol. The molecule has 7 nitrogen and oxygen atoms in total. The molecular weight excluding hydrogens is 396 g/mol. The highest BCUT2D eigenvalue weighted by atomic mass is 16.6. The molecule has 7 heteroatoms. The van der Waals surface area contributed by atoms with E-state index in [-0.39, 0.29) is 12.2 Å². The third-order valence-corrected chi connectivity index (χ3v) is 4.73. The number of aryl methyl sites for hydroxylation is 1. The fourth-order valence-corrected chi connectivity index (χ4v) is 3.41. The lowest BCUT2D eigenvalue weighted by atomic mass is 9.99. The van der Waals surface area contributed by atoms with Crippen molar-refractivity contribution in [2.45, 2.75) is 46.1 Å². The Bertz CT molecular complexity index is 966. The van der Waals surface area contributed by atoms with Crippen LogP contribution in [0.1, 0.15) is 50.0 Å². The first-order valence-corrected chi connectivity index (χ1v) is 10.4. The number of hydrogen-bond acceptors (Lipinski definition) is 5. The highest BCUT2D eigenvalue weighted by Gasteiger charge is 2.30. The predicted molar refractivity (Wildman–Crippen MR) is 119 cm³/mol. The van der Waals surface area contributed by atoms with Crippen LogP contribution in [0.5, 0.6) is 0 Å². The maximum Gasteiger partial charge on any atom is 0.421 e. The second kappa shape index (κ2) is 9.20. The molecule has 1 aliphatic rings. The molecule has 31 heavy (non-hydrogen) atoms. The highest BCUT2D eigenvalue weighted by Crippen LogP contribution is 2.31. The molecule has 1 aliphatic heterocycles. The van der Waals surface area contributed by atoms with Gasteiger partial charge in [-0.05, 0) is 70.4 Å². The third kappa shape index (κ3) is 5.23. The Morgan fingerprint density at radius 1 is 1.06 bits per heavy atom. The van der Waals surface area contributed by atoms with Crippen molar-refractivity contribution in [3.8, 4) is 0 Å². The number of carbonyl (C=O) groups excluding carboxylic acids is 3. The zero-order valence-electron chi connectivity index (χ0n) is 18.4. The zero-order valence-corrected chi connectivity index (χ0v) is 18.4. The van der Waals surface area contributed by atoms with E-state index in [1.165, 1.54) is 0 Å². The Morgan fingerprint density at radius 3 is 2.42 bits per heavy atom. The number of para-hydroxylation sites is 1. The molecule has 0 atom stereocenters. The van der Waals surface area contributed by atoms with E-state index in [1.807, 2.05) is 26.8 Å². The fourth-order valence-electron chi connectivity index (χ4n) is 3.41. The van der Waals surface area contributed by atoms with Gasteiger partial charge in [0, 0.05) is 12.1 Å². The van der Waals surface area contributed by atoms with Crippen LogP contribution < -0.4 is 9.80 Å². The maximum atomic E-state index is 13.3. The van der Waals surface area contributed by atoms with Gasteiger partial charge in [0.2, 0.25) is 0 Å². The minimum absolute atomic E-state index is 0.145. The number of ether oxygens (including phenoxy) is 2. The molecule has 0 unspecified atom stereocenters. The summed E-state index contributed by atoms with van der Waals surface area (Å²) >= 11 is 0. The molecule has 0 fully saturated rings. The number of rotatable bonds is 3. The highest BCUT2D eigenvalue weighted by molar-refractivity contribution is 6.19. The van der Waals surface area contributed by atoms with Gasteiger partial charge in [0.05, 0.1) is 18.0 Å². The average molecular weight is 424 g/mol. The minimum atomic E-state index is -0.750. The Morgan fingerprint density at radius 2 is 1.77 bits per heavy atom. The normalized spacial score (nSPS) is 13.2. The number of hydrogen-bond donors (Lipinski definition) is 0. The summed E-state index contributed by atoms with van der Waals surface area (Å²) in [5.74, 6) is -0.526. The summed E-state index contributed by atoms with van der Waals surface area (Å²) in [6.07, 6.45) is 0.394. The summed E-state index contributed by atoms with van der Waals surface area (Å²) in [6.45, 7) is 7.77. The van der Waals surface area contributed by atoms with Crippen LogP contribution in [-0.4, -0.2) is 36.8 Å². The molecule has 0 N–H and O–H groups in total. The van der Waals surface area contributed by atoms with E-state index in [1.54, 1.807) is 54.3 Å². The van der Waals surface area contributed by atoms with Crippen molar-refractivity contribution >= 4 is 29.5 Å². The number of amides is 3. The van der Waals surface area contributed by atoms with Crippen LogP contribution in [0.4, 0.5) is 21.0 Å². The summed E-state index contributed by atoms with van der Waals surface area (Å²) in [6, 6.07) is 13.8. The van der Waals surface area contributed by atoms with Gasteiger partial charge in [0.1, 0.15) is 5.60 Å². The summed E-state index contributed by atoms with van der Waals surface area (Å²) in [7, 11) is 0. The topological polar surface area (TPSA) is 76.2 Å². The predicted octanol–water partition coefficient (Wildman–Crippen LogP) is 5.18. The number of nitrogens with zero attached hydrogens (tertiary/aromatic N) is 2. The van der Waals surface area contributed by atoms with E-state index in [0.717, 1.165) is 23.3 Å². The van der Waals surface area contributed by atoms with E-state index in [9.17, 15) is 14.4 Å². The van der Waals surface area contributed by atoms with E-state index < -0.39 is 23.7 Å². The number of anilines is 2. The van der Waals surface area contributed by atoms with Crippen LogP contribution >= 0.6 is 0 Å². The molecule has 0 saturated heterocycles. The number of fused-ring (bicyclic) bond motifs is 1. The molecule has 164 valence electrons. The van der Waals surface area contributed by atoms with Crippen LogP contribution in [0, 0.1) is 0 Å². The summed E-state index contributed by atoms with van der Waals surface area (Å²) in [5.41, 5.74) is 1.65. The lowest BCUT2D eigenvalue weighted by Crippen LogP contribution is -2.40. The molecule has 3 amide bonds. The molecule has 0 aromatic heterocycles. The van der Waals surface area contributed by atoms with E-state index in [0.29, 0.717) is 17.9 Å². The average Bonchev–Trinajstić information content (AvgIpc) is 2.72. The van der Waals surface area contributed by atoms with Gasteiger partial charge in [-0.1, -0.05) is 24.3 Å². The minimum Gasteiger partial charge on any atom is -0.449 e. The van der Waals surface area contributed by atoms with Gasteiger partial charge in [0.25, 0.3) is 5.91 Å². The van der Waals surface area contributed by atoms with Crippen LogP contribution in [0.15, 0.2) is 48.5 Å². The Hall–Kier alpha value is -3.35. The Kier molecular flexibility index (Phi) is 6.63. The SMILES string of the molecule is CCOC(=O)N(C(=O)c1ccc2c(c1)N(C(=O)OC(C)(C)C)CCC2)c1ccccc1. The second-order valence-corrected chi connectivity index (χ2v) is 8.25. The van der Waals surface area contributed by atoms with Gasteiger partial charge in [-0.3, -0.25) is 9.69 Å². The molecule has 0 saturated carbocycles. The number of imide groups is 1. The maximum absolute atomic E-state index is 13.3. The quantitative estimate of drug-likeness (QED) is 0.679. The van der Waals surface area contributed by atoms with Gasteiger partial charge >= 0.3 is 12.2 Å². The van der Waals surface area contributed by atoms with Crippen molar-refractivity contribution in [2.75, 3.05) is 23.0 Å². The Balaban J connectivity index is 1.97. The lowest BCUT2D eigenvalue weighted by molar-refractivity contribution is 0.0577. The molecule has 0 bridgehead atoms. The summed E-state index contributed by atoms with van der Waals surface area (Å²) < 4.78 is 10.6. The lowest BCUT2D eigenvalue weighted by Gasteiger charge is -2.32. The Labute approximate surface area is 182 Å². The van der Waals surface area contributed by atoms with Crippen LogP contribution in [-0.2, 0) is 15.9 Å². The van der Waals surface area contributed by atoms with Gasteiger partial charge in [0.15, 0.2) is 0 Å². The van der Waals surface area contributed by atoms with Crippen molar-refractivity contribution in [3.63, 3.8) is 0 Å². The molecule has 2 aromatic rings. The van der Waals surface area contributed by atoms with Crippen molar-refractivity contribution in [1.82, 2.24) is 0 Å². The number of carbonyl (C=O) groups is 3. The zero-order chi connectivity index (χ0) is 22.6. The molecule has 2 aromatic carbocycles. The summed E-state index contributed by atoms with van der Waals surface area (Å²) in [5, 5.41) is 0. The molecular formula is C24H28N2O5. The molecule has 0 spiro atoms. The molecule has 0 radical (unpaired) electrons. The van der Waals surface area contributed by atoms with E-state index in [2.05, 4.69) is 0 Å². The second-order valence-electron chi connectivity index (χ2n) is 8.25. The van der Waals surface area contributed by atoms with Crippen molar-refractivity contribution in [2.24, 2.45) is 0 Å². The van der Waals surface area contributed by atoms with Crippen molar-refractivity contribution in [1.29, 1.82) is 0 Å². The van der Waals surface area contributed by atoms with Gasteiger partial charge in [-0.2, -0.15) is 0 Å². The van der Waals surface area contributed by atoms with Gasteiger partial charge in [-0.15, -0.1) is 0 Å². The largest absolute Gasteiger partial charge is 0.449 e. The first kappa shape index (κ1) is 22.3. The first-order chi connectivity index (χ1) is 14.7. The van der Waals surface area contributed by atoms with Crippen molar-refractivity contribution in [3.05, 3.63) is 59.7 Å². The van der Waals surface area contributed by atoms with Crippen LogP contribution in [0.2, 0.25) is 0 Å². The smallest absolute Gasteiger partial charge is 0.421 e. The van der Waals surface area contributed by atoms with E-state index in [4.69, 9.17) is 9.47 Å². The standard InChI is InChI=1S/C24H28N2O5/c1-5-30-23(29)26(19-11-7-6-8-12-19)21(27)18-14-13-17-10-9-15-25(20(17)16-18)22(28)31-24(2,3)4/h6-8,11-14,16H,5,9-10,15H2,1-4H3. The van der Waals surface area contributed by atoms with E-state index >= 15 is 0 Å². The van der Waals surface area contributed by atoms with Gasteiger partial charge < -0.3 is 9.47 Å². The molecule has 0 aliphatic carbocycles. The molecule has 3 rings (SSSR count). The van der Waals surface area contributed by atoms with Crippen LogP contribution in [0.25, 0.3) is 0 Å². The third-order valence-electron chi connectivity index (χ3n) is 4.73. The summed E-state index contributed by atoms with van der Waals surface area (Å²) in [4.78, 5) is 41.2. The fraction of sp³-hybridized carbons (Fsp3) is 0.375.